The molecule has 0 aromatic rings. The lowest BCUT2D eigenvalue weighted by Crippen LogP contribution is -2.23. The van der Waals surface area contributed by atoms with Gasteiger partial charge in [0.15, 0.2) is 5.92 Å². The number of carboxylic acids is 2. The van der Waals surface area contributed by atoms with Gasteiger partial charge in [-0.2, -0.15) is 0 Å². The summed E-state index contributed by atoms with van der Waals surface area (Å²) in [7, 11) is 0. The van der Waals surface area contributed by atoms with Gasteiger partial charge in [-0.3, -0.25) is 14.4 Å². The Bertz CT molecular complexity index is 319. The maximum Gasteiger partial charge on any atom is 0.317 e. The fourth-order valence-corrected chi connectivity index (χ4v) is 1.75. The number of rotatable bonds is 11. The largest absolute Gasteiger partial charge is 0.481 e. The fraction of sp³-hybridized carbons (Fsp3) is 0.643. The molecule has 0 amide bonds. The molecule has 5 nitrogen and oxygen atoms in total. The third kappa shape index (κ3) is 8.13. The van der Waals surface area contributed by atoms with Crippen molar-refractivity contribution in [2.45, 2.75) is 51.9 Å². The van der Waals surface area contributed by atoms with Crippen LogP contribution >= 0.6 is 0 Å². The second kappa shape index (κ2) is 10.3. The first-order valence-electron chi connectivity index (χ1n) is 6.62. The molecule has 0 aliphatic rings. The third-order valence-corrected chi connectivity index (χ3v) is 2.92. The Labute approximate surface area is 113 Å². The second-order valence-electron chi connectivity index (χ2n) is 4.51. The Morgan fingerprint density at radius 2 is 1.74 bits per heavy atom. The molecular formula is C14H22O5. The van der Waals surface area contributed by atoms with Gasteiger partial charge >= 0.3 is 11.9 Å². The molecule has 0 bridgehead atoms. The molecule has 108 valence electrons. The zero-order chi connectivity index (χ0) is 14.7. The lowest BCUT2D eigenvalue weighted by atomic mass is 9.99. The molecule has 5 heteroatoms. The molecule has 0 fully saturated rings. The van der Waals surface area contributed by atoms with E-state index in [4.69, 9.17) is 10.2 Å². The molecule has 0 aromatic carbocycles. The third-order valence-electron chi connectivity index (χ3n) is 2.92. The number of aliphatic carboxylic acids is 2. The van der Waals surface area contributed by atoms with Gasteiger partial charge < -0.3 is 10.2 Å². The van der Waals surface area contributed by atoms with Crippen molar-refractivity contribution < 1.29 is 24.6 Å². The first kappa shape index (κ1) is 17.4. The predicted octanol–water partition coefficient (Wildman–Crippen LogP) is 2.65. The maximum atomic E-state index is 10.8. The van der Waals surface area contributed by atoms with Crippen LogP contribution in [0.3, 0.4) is 0 Å². The van der Waals surface area contributed by atoms with E-state index in [1.165, 1.54) is 0 Å². The number of carbonyl (C=O) groups excluding carboxylic acids is 1. The van der Waals surface area contributed by atoms with Crippen LogP contribution in [-0.4, -0.2) is 28.4 Å². The first-order valence-corrected chi connectivity index (χ1v) is 6.62. The van der Waals surface area contributed by atoms with E-state index in [1.54, 1.807) is 0 Å². The summed E-state index contributed by atoms with van der Waals surface area (Å²) in [4.78, 5) is 32.1. The summed E-state index contributed by atoms with van der Waals surface area (Å²) in [6.45, 7) is 2.10. The van der Waals surface area contributed by atoms with E-state index in [0.717, 1.165) is 32.0 Å². The number of unbranched alkanes of at least 4 members (excludes halogenated alkanes) is 3. The van der Waals surface area contributed by atoms with Crippen molar-refractivity contribution in [2.24, 2.45) is 5.92 Å². The van der Waals surface area contributed by atoms with E-state index in [9.17, 15) is 14.4 Å². The summed E-state index contributed by atoms with van der Waals surface area (Å²) in [5, 5.41) is 17.4. The predicted molar refractivity (Wildman–Crippen MR) is 70.9 cm³/mol. The van der Waals surface area contributed by atoms with Gasteiger partial charge in [0.1, 0.15) is 6.29 Å². The Hall–Kier alpha value is -1.65. The molecule has 0 aromatic heterocycles. The normalized spacial score (nSPS) is 11.6. The van der Waals surface area contributed by atoms with Crippen LogP contribution in [0.5, 0.6) is 0 Å². The number of carboxylic acid groups (broad SMARTS) is 2. The van der Waals surface area contributed by atoms with Crippen molar-refractivity contribution in [3.63, 3.8) is 0 Å². The van der Waals surface area contributed by atoms with Crippen LogP contribution in [0, 0.1) is 5.92 Å². The van der Waals surface area contributed by atoms with Crippen LogP contribution in [0.1, 0.15) is 51.9 Å². The molecule has 0 spiro atoms. The highest BCUT2D eigenvalue weighted by molar-refractivity contribution is 5.92. The number of allylic oxidation sites excluding steroid dienone is 2. The second-order valence-corrected chi connectivity index (χ2v) is 4.51. The van der Waals surface area contributed by atoms with Gasteiger partial charge in [0.25, 0.3) is 0 Å². The summed E-state index contributed by atoms with van der Waals surface area (Å²) >= 11 is 0. The smallest absolute Gasteiger partial charge is 0.317 e. The number of hydrogen-bond donors (Lipinski definition) is 2. The molecule has 2 N–H and O–H groups in total. The van der Waals surface area contributed by atoms with Gasteiger partial charge in [-0.25, -0.2) is 0 Å². The van der Waals surface area contributed by atoms with Crippen LogP contribution in [0.2, 0.25) is 0 Å². The quantitative estimate of drug-likeness (QED) is 0.260. The SMILES string of the molecule is CCCCC/C=C(\C=O)CCCC(C(=O)O)C(=O)O. The molecule has 0 rings (SSSR count). The number of hydrogen-bond acceptors (Lipinski definition) is 3. The minimum absolute atomic E-state index is 0.0464. The van der Waals surface area contributed by atoms with Gasteiger partial charge in [0.2, 0.25) is 0 Å². The van der Waals surface area contributed by atoms with Crippen molar-refractivity contribution in [2.75, 3.05) is 0 Å². The van der Waals surface area contributed by atoms with Crippen molar-refractivity contribution in [1.82, 2.24) is 0 Å². The van der Waals surface area contributed by atoms with E-state index >= 15 is 0 Å². The lowest BCUT2D eigenvalue weighted by Gasteiger charge is -2.06. The van der Waals surface area contributed by atoms with Crippen LogP contribution in [-0.2, 0) is 14.4 Å². The maximum absolute atomic E-state index is 10.8. The van der Waals surface area contributed by atoms with Crippen molar-refractivity contribution in [3.05, 3.63) is 11.6 Å². The number of carbonyl (C=O) groups is 3. The molecule has 0 unspecified atom stereocenters. The summed E-state index contributed by atoms with van der Waals surface area (Å²) < 4.78 is 0. The molecule has 0 saturated carbocycles. The molecule has 0 aliphatic heterocycles. The topological polar surface area (TPSA) is 91.7 Å². The lowest BCUT2D eigenvalue weighted by molar-refractivity contribution is -0.154. The van der Waals surface area contributed by atoms with Crippen molar-refractivity contribution in [3.8, 4) is 0 Å². The Kier molecular flexibility index (Phi) is 9.40. The highest BCUT2D eigenvalue weighted by Crippen LogP contribution is 2.14. The average molecular weight is 270 g/mol. The minimum Gasteiger partial charge on any atom is -0.481 e. The first-order chi connectivity index (χ1) is 9.02. The van der Waals surface area contributed by atoms with Crippen LogP contribution < -0.4 is 0 Å². The molecule has 19 heavy (non-hydrogen) atoms. The Balaban J connectivity index is 4.10. The van der Waals surface area contributed by atoms with Gasteiger partial charge in [-0.05, 0) is 37.7 Å². The molecule has 0 aliphatic carbocycles. The van der Waals surface area contributed by atoms with Crippen LogP contribution in [0.4, 0.5) is 0 Å². The highest BCUT2D eigenvalue weighted by Gasteiger charge is 2.24. The van der Waals surface area contributed by atoms with Gasteiger partial charge in [-0.15, -0.1) is 0 Å². The fourth-order valence-electron chi connectivity index (χ4n) is 1.75. The number of aldehydes is 1. The minimum atomic E-state index is -1.38. The average Bonchev–Trinajstić information content (AvgIpc) is 2.36. The molecule has 0 saturated heterocycles. The van der Waals surface area contributed by atoms with Crippen molar-refractivity contribution >= 4 is 18.2 Å². The Morgan fingerprint density at radius 1 is 1.11 bits per heavy atom. The van der Waals surface area contributed by atoms with Crippen LogP contribution in [0.15, 0.2) is 11.6 Å². The van der Waals surface area contributed by atoms with Crippen LogP contribution in [0.25, 0.3) is 0 Å². The standard InChI is InChI=1S/C14H22O5/c1-2-3-4-5-7-11(10-15)8-6-9-12(13(16)17)14(18)19/h7,10,12H,2-6,8-9H2,1H3,(H,16,17)(H,18,19)/b11-7-. The zero-order valence-electron chi connectivity index (χ0n) is 11.3. The van der Waals surface area contributed by atoms with Gasteiger partial charge in [-0.1, -0.05) is 25.8 Å². The van der Waals surface area contributed by atoms with E-state index in [0.29, 0.717) is 18.4 Å². The molecule has 0 heterocycles. The Morgan fingerprint density at radius 3 is 2.21 bits per heavy atom. The monoisotopic (exact) mass is 270 g/mol. The molecule has 0 atom stereocenters. The highest BCUT2D eigenvalue weighted by atomic mass is 16.4. The summed E-state index contributed by atoms with van der Waals surface area (Å²) in [6, 6.07) is 0. The van der Waals surface area contributed by atoms with E-state index < -0.39 is 17.9 Å². The summed E-state index contributed by atoms with van der Waals surface area (Å²) in [6.07, 6.45) is 7.59. The zero-order valence-corrected chi connectivity index (χ0v) is 11.3. The van der Waals surface area contributed by atoms with E-state index in [2.05, 4.69) is 6.92 Å². The molecular weight excluding hydrogens is 248 g/mol. The van der Waals surface area contributed by atoms with E-state index in [1.807, 2.05) is 6.08 Å². The summed E-state index contributed by atoms with van der Waals surface area (Å²) in [5.74, 6) is -4.04. The van der Waals surface area contributed by atoms with Gasteiger partial charge in [0.05, 0.1) is 0 Å². The van der Waals surface area contributed by atoms with Gasteiger partial charge in [0, 0.05) is 0 Å². The summed E-state index contributed by atoms with van der Waals surface area (Å²) in [5.41, 5.74) is 0.630. The molecule has 0 radical (unpaired) electrons. The van der Waals surface area contributed by atoms with Crippen molar-refractivity contribution in [1.29, 1.82) is 0 Å². The van der Waals surface area contributed by atoms with E-state index in [-0.39, 0.29) is 6.42 Å².